The average Bonchev–Trinajstić information content (AvgIpc) is 2.62. The van der Waals surface area contributed by atoms with E-state index in [1.165, 1.54) is 12.7 Å². The maximum absolute atomic E-state index is 11.6. The molecule has 2 fully saturated rings. The Labute approximate surface area is 111 Å². The minimum atomic E-state index is -3.05. The van der Waals surface area contributed by atoms with E-state index in [0.29, 0.717) is 12.0 Å². The zero-order valence-electron chi connectivity index (χ0n) is 11.6. The topological polar surface area (TPSA) is 52.6 Å². The van der Waals surface area contributed by atoms with Crippen molar-refractivity contribution in [1.82, 2.24) is 14.5 Å². The largest absolute Gasteiger partial charge is 0.316 e. The van der Waals surface area contributed by atoms with Gasteiger partial charge in [-0.05, 0) is 25.3 Å². The van der Waals surface area contributed by atoms with E-state index in [1.807, 2.05) is 6.92 Å². The van der Waals surface area contributed by atoms with Gasteiger partial charge in [-0.3, -0.25) is 4.90 Å². The first-order valence-electron chi connectivity index (χ1n) is 6.70. The fourth-order valence-electron chi connectivity index (χ4n) is 3.20. The number of sulfonamides is 1. The van der Waals surface area contributed by atoms with E-state index >= 15 is 0 Å². The smallest absolute Gasteiger partial charge is 0.211 e. The van der Waals surface area contributed by atoms with Crippen molar-refractivity contribution in [2.75, 3.05) is 45.5 Å². The Kier molecular flexibility index (Phi) is 4.02. The summed E-state index contributed by atoms with van der Waals surface area (Å²) >= 11 is 0. The lowest BCUT2D eigenvalue weighted by molar-refractivity contribution is 0.103. The molecule has 106 valence electrons. The van der Waals surface area contributed by atoms with E-state index in [0.717, 1.165) is 32.7 Å². The van der Waals surface area contributed by atoms with E-state index < -0.39 is 10.0 Å². The van der Waals surface area contributed by atoms with Crippen LogP contribution in [0.3, 0.4) is 0 Å². The first kappa shape index (κ1) is 14.2. The monoisotopic (exact) mass is 275 g/mol. The molecule has 0 aliphatic carbocycles. The summed E-state index contributed by atoms with van der Waals surface area (Å²) in [4.78, 5) is 2.42. The standard InChI is InChI=1S/C12H25N3O2S/c1-11-8-14(6-7-15(11)18(3,16)17)10-12(2)4-5-13-9-12/h11,13H,4-10H2,1-3H3/t11-,12?/m0/s1. The molecular weight excluding hydrogens is 250 g/mol. The van der Waals surface area contributed by atoms with Gasteiger partial charge in [0.2, 0.25) is 10.0 Å². The molecule has 0 aromatic carbocycles. The van der Waals surface area contributed by atoms with Crippen LogP contribution in [0, 0.1) is 5.41 Å². The van der Waals surface area contributed by atoms with Crippen LogP contribution in [0.4, 0.5) is 0 Å². The Morgan fingerprint density at radius 3 is 2.61 bits per heavy atom. The van der Waals surface area contributed by atoms with Crippen molar-refractivity contribution in [3.63, 3.8) is 0 Å². The second-order valence-electron chi connectivity index (χ2n) is 6.20. The van der Waals surface area contributed by atoms with E-state index in [9.17, 15) is 8.42 Å². The molecule has 0 radical (unpaired) electrons. The van der Waals surface area contributed by atoms with Crippen molar-refractivity contribution >= 4 is 10.0 Å². The summed E-state index contributed by atoms with van der Waals surface area (Å²) in [5.74, 6) is 0. The summed E-state index contributed by atoms with van der Waals surface area (Å²) in [7, 11) is -3.05. The molecular formula is C12H25N3O2S. The van der Waals surface area contributed by atoms with Crippen LogP contribution in [0.15, 0.2) is 0 Å². The Morgan fingerprint density at radius 1 is 1.39 bits per heavy atom. The Morgan fingerprint density at radius 2 is 2.11 bits per heavy atom. The highest BCUT2D eigenvalue weighted by Gasteiger charge is 2.35. The maximum atomic E-state index is 11.6. The van der Waals surface area contributed by atoms with Crippen LogP contribution in [-0.2, 0) is 10.0 Å². The Bertz CT molecular complexity index is 390. The molecule has 2 saturated heterocycles. The second kappa shape index (κ2) is 5.07. The molecule has 0 aromatic heterocycles. The van der Waals surface area contributed by atoms with E-state index in [2.05, 4.69) is 17.1 Å². The molecule has 0 amide bonds. The molecule has 2 atom stereocenters. The summed E-state index contributed by atoms with van der Waals surface area (Å²) < 4.78 is 24.8. The van der Waals surface area contributed by atoms with Gasteiger partial charge in [0, 0.05) is 38.8 Å². The molecule has 1 unspecified atom stereocenters. The lowest BCUT2D eigenvalue weighted by Gasteiger charge is -2.41. The first-order chi connectivity index (χ1) is 8.30. The van der Waals surface area contributed by atoms with Crippen LogP contribution in [0.5, 0.6) is 0 Å². The normalized spacial score (nSPS) is 36.1. The van der Waals surface area contributed by atoms with Gasteiger partial charge in [0.05, 0.1) is 6.26 Å². The van der Waals surface area contributed by atoms with E-state index in [4.69, 9.17) is 0 Å². The minimum Gasteiger partial charge on any atom is -0.316 e. The van der Waals surface area contributed by atoms with Gasteiger partial charge in [-0.2, -0.15) is 4.31 Å². The highest BCUT2D eigenvalue weighted by atomic mass is 32.2. The van der Waals surface area contributed by atoms with Gasteiger partial charge >= 0.3 is 0 Å². The quantitative estimate of drug-likeness (QED) is 0.785. The van der Waals surface area contributed by atoms with Gasteiger partial charge in [0.15, 0.2) is 0 Å². The maximum Gasteiger partial charge on any atom is 0.211 e. The third-order valence-electron chi connectivity index (χ3n) is 4.14. The molecule has 2 aliphatic heterocycles. The van der Waals surface area contributed by atoms with Crippen molar-refractivity contribution in [2.45, 2.75) is 26.3 Å². The van der Waals surface area contributed by atoms with E-state index in [1.54, 1.807) is 4.31 Å². The van der Waals surface area contributed by atoms with Gasteiger partial charge < -0.3 is 5.32 Å². The highest BCUT2D eigenvalue weighted by molar-refractivity contribution is 7.88. The zero-order chi connectivity index (χ0) is 13.4. The van der Waals surface area contributed by atoms with Gasteiger partial charge in [-0.25, -0.2) is 8.42 Å². The summed E-state index contributed by atoms with van der Waals surface area (Å²) in [6.45, 7) is 9.91. The molecule has 6 heteroatoms. The predicted octanol–water partition coefficient (Wildman–Crippen LogP) is -0.0483. The molecule has 2 rings (SSSR count). The molecule has 0 bridgehead atoms. The number of piperazine rings is 1. The minimum absolute atomic E-state index is 0.0895. The van der Waals surface area contributed by atoms with Crippen molar-refractivity contribution < 1.29 is 8.42 Å². The molecule has 0 aromatic rings. The summed E-state index contributed by atoms with van der Waals surface area (Å²) in [5, 5.41) is 3.41. The summed E-state index contributed by atoms with van der Waals surface area (Å²) in [5.41, 5.74) is 0.354. The van der Waals surface area contributed by atoms with Crippen LogP contribution in [0.1, 0.15) is 20.3 Å². The van der Waals surface area contributed by atoms with Crippen LogP contribution < -0.4 is 5.32 Å². The molecule has 2 heterocycles. The van der Waals surface area contributed by atoms with Crippen molar-refractivity contribution in [3.8, 4) is 0 Å². The Hall–Kier alpha value is -0.170. The van der Waals surface area contributed by atoms with Gasteiger partial charge in [-0.15, -0.1) is 0 Å². The van der Waals surface area contributed by atoms with Crippen LogP contribution in [0.25, 0.3) is 0 Å². The van der Waals surface area contributed by atoms with Crippen LogP contribution in [-0.4, -0.2) is 69.2 Å². The highest BCUT2D eigenvalue weighted by Crippen LogP contribution is 2.27. The first-order valence-corrected chi connectivity index (χ1v) is 8.55. The number of hydrogen-bond acceptors (Lipinski definition) is 4. The SMILES string of the molecule is C[C@H]1CN(CC2(C)CCNC2)CCN1S(C)(=O)=O. The van der Waals surface area contributed by atoms with Crippen molar-refractivity contribution in [3.05, 3.63) is 0 Å². The number of hydrogen-bond donors (Lipinski definition) is 1. The number of nitrogens with zero attached hydrogens (tertiary/aromatic N) is 2. The average molecular weight is 275 g/mol. The van der Waals surface area contributed by atoms with Crippen molar-refractivity contribution in [1.29, 1.82) is 0 Å². The molecule has 2 aliphatic rings. The summed E-state index contributed by atoms with van der Waals surface area (Å²) in [6.07, 6.45) is 2.52. The fourth-order valence-corrected chi connectivity index (χ4v) is 4.33. The molecule has 1 N–H and O–H groups in total. The predicted molar refractivity (Wildman–Crippen MR) is 73.0 cm³/mol. The third-order valence-corrected chi connectivity index (χ3v) is 5.53. The fraction of sp³-hybridized carbons (Fsp3) is 1.00. The van der Waals surface area contributed by atoms with Crippen LogP contribution >= 0.6 is 0 Å². The number of rotatable bonds is 3. The lowest BCUT2D eigenvalue weighted by Crippen LogP contribution is -2.55. The van der Waals surface area contributed by atoms with Crippen LogP contribution in [0.2, 0.25) is 0 Å². The molecule has 5 nitrogen and oxygen atoms in total. The molecule has 0 saturated carbocycles. The lowest BCUT2D eigenvalue weighted by atomic mass is 9.89. The Balaban J connectivity index is 1.92. The third kappa shape index (κ3) is 3.23. The van der Waals surface area contributed by atoms with Crippen molar-refractivity contribution in [2.24, 2.45) is 5.41 Å². The van der Waals surface area contributed by atoms with Gasteiger partial charge in [0.25, 0.3) is 0 Å². The van der Waals surface area contributed by atoms with Gasteiger partial charge in [-0.1, -0.05) is 6.92 Å². The second-order valence-corrected chi connectivity index (χ2v) is 8.13. The molecule has 0 spiro atoms. The number of nitrogens with one attached hydrogen (secondary N) is 1. The van der Waals surface area contributed by atoms with Gasteiger partial charge in [0.1, 0.15) is 0 Å². The molecule has 18 heavy (non-hydrogen) atoms. The van der Waals surface area contributed by atoms with E-state index in [-0.39, 0.29) is 6.04 Å². The summed E-state index contributed by atoms with van der Waals surface area (Å²) in [6, 6.07) is 0.0895. The zero-order valence-corrected chi connectivity index (χ0v) is 12.5.